The number of benzene rings is 3. The quantitative estimate of drug-likeness (QED) is 0.301. The molecule has 0 bridgehead atoms. The van der Waals surface area contributed by atoms with Crippen molar-refractivity contribution in [2.75, 3.05) is 7.11 Å². The molecule has 30 heavy (non-hydrogen) atoms. The topological polar surface area (TPSA) is 52.6 Å². The minimum absolute atomic E-state index is 0.130. The van der Waals surface area contributed by atoms with Gasteiger partial charge < -0.3 is 9.16 Å². The van der Waals surface area contributed by atoms with Crippen LogP contribution < -0.4 is 5.19 Å². The van der Waals surface area contributed by atoms with Gasteiger partial charge >= 0.3 is 5.97 Å². The van der Waals surface area contributed by atoms with Crippen molar-refractivity contribution in [3.63, 3.8) is 0 Å². The lowest BCUT2D eigenvalue weighted by Crippen LogP contribution is -2.51. The van der Waals surface area contributed by atoms with Gasteiger partial charge in [0, 0.05) is 5.56 Å². The molecule has 0 N–H and O–H groups in total. The number of Topliss-reactive ketones (excluding diaryl/α,β-unsaturated/α-hetero) is 1. The lowest BCUT2D eigenvalue weighted by molar-refractivity contribution is -0.164. The monoisotopic (exact) mass is 416 g/mol. The van der Waals surface area contributed by atoms with Crippen LogP contribution in [-0.2, 0) is 19.6 Å². The van der Waals surface area contributed by atoms with E-state index in [-0.39, 0.29) is 15.5 Å². The Morgan fingerprint density at radius 2 is 1.40 bits per heavy atom. The van der Waals surface area contributed by atoms with Crippen LogP contribution in [0.2, 0.25) is 0 Å². The largest absolute Gasteiger partial charge is 0.467 e. The second-order valence-electron chi connectivity index (χ2n) is 6.85. The molecule has 5 heteroatoms. The van der Waals surface area contributed by atoms with Gasteiger partial charge in [-0.3, -0.25) is 4.79 Å². The molecule has 0 heterocycles. The summed E-state index contributed by atoms with van der Waals surface area (Å²) in [4.78, 5) is 26.8. The summed E-state index contributed by atoms with van der Waals surface area (Å²) < 4.78 is 11.6. The highest BCUT2D eigenvalue weighted by molar-refractivity contribution is 6.47. The molecular weight excluding hydrogens is 392 g/mol. The molecule has 0 saturated heterocycles. The SMILES string of the molecule is CCC(C(=O)c1ccccc1)C(O[Si]c1ccccc1)(C(=O)OC)c1ccccc1. The number of carbonyl (C=O) groups is 2. The van der Waals surface area contributed by atoms with E-state index in [1.165, 1.54) is 7.11 Å². The van der Waals surface area contributed by atoms with Crippen LogP contribution in [0.3, 0.4) is 0 Å². The summed E-state index contributed by atoms with van der Waals surface area (Å²) in [6.07, 6.45) is 0.414. The van der Waals surface area contributed by atoms with E-state index in [9.17, 15) is 9.59 Å². The molecule has 2 unspecified atom stereocenters. The maximum atomic E-state index is 13.5. The smallest absolute Gasteiger partial charge is 0.342 e. The minimum atomic E-state index is -1.55. The second-order valence-corrected chi connectivity index (χ2v) is 7.84. The summed E-state index contributed by atoms with van der Waals surface area (Å²) >= 11 is 0. The second kappa shape index (κ2) is 10.1. The van der Waals surface area contributed by atoms with Crippen LogP contribution in [-0.4, -0.2) is 28.6 Å². The molecule has 3 aromatic rings. The molecule has 3 rings (SSSR count). The highest BCUT2D eigenvalue weighted by atomic mass is 28.2. The van der Waals surface area contributed by atoms with E-state index in [2.05, 4.69) is 0 Å². The summed E-state index contributed by atoms with van der Waals surface area (Å²) in [5.41, 5.74) is -0.400. The fourth-order valence-corrected chi connectivity index (χ4v) is 4.53. The van der Waals surface area contributed by atoms with Gasteiger partial charge in [-0.05, 0) is 17.2 Å². The first-order valence-electron chi connectivity index (χ1n) is 9.85. The zero-order valence-corrected chi connectivity index (χ0v) is 18.1. The number of methoxy groups -OCH3 is 1. The van der Waals surface area contributed by atoms with Crippen molar-refractivity contribution >= 4 is 26.7 Å². The third-order valence-electron chi connectivity index (χ3n) is 5.07. The molecular formula is C25H24O4Si. The Morgan fingerprint density at radius 3 is 1.93 bits per heavy atom. The van der Waals surface area contributed by atoms with Gasteiger partial charge in [-0.25, -0.2) is 4.79 Å². The average molecular weight is 417 g/mol. The number of hydrogen-bond donors (Lipinski definition) is 0. The van der Waals surface area contributed by atoms with E-state index in [0.29, 0.717) is 17.5 Å². The highest BCUT2D eigenvalue weighted by Gasteiger charge is 2.52. The fraction of sp³-hybridized carbons (Fsp3) is 0.200. The summed E-state index contributed by atoms with van der Waals surface area (Å²) in [7, 11) is 1.20. The molecule has 0 saturated carbocycles. The lowest BCUT2D eigenvalue weighted by atomic mass is 9.75. The van der Waals surface area contributed by atoms with Crippen LogP contribution in [0.1, 0.15) is 29.3 Å². The first kappa shape index (κ1) is 21.7. The van der Waals surface area contributed by atoms with E-state index in [4.69, 9.17) is 9.16 Å². The van der Waals surface area contributed by atoms with Gasteiger partial charge in [-0.1, -0.05) is 97.9 Å². The predicted molar refractivity (Wildman–Crippen MR) is 118 cm³/mol. The van der Waals surface area contributed by atoms with Crippen LogP contribution in [0, 0.1) is 5.92 Å². The number of ketones is 1. The third-order valence-corrected chi connectivity index (χ3v) is 6.06. The average Bonchev–Trinajstić information content (AvgIpc) is 2.82. The molecule has 0 spiro atoms. The van der Waals surface area contributed by atoms with Gasteiger partial charge in [0.25, 0.3) is 9.76 Å². The summed E-state index contributed by atoms with van der Waals surface area (Å²) in [5.74, 6) is -1.47. The highest BCUT2D eigenvalue weighted by Crippen LogP contribution is 2.39. The summed E-state index contributed by atoms with van der Waals surface area (Å²) in [6.45, 7) is 1.89. The van der Waals surface area contributed by atoms with Crippen LogP contribution in [0.5, 0.6) is 0 Å². The Bertz CT molecular complexity index is 960. The molecule has 2 radical (unpaired) electrons. The first-order chi connectivity index (χ1) is 14.6. The summed E-state index contributed by atoms with van der Waals surface area (Å²) in [5, 5.41) is 0.934. The first-order valence-corrected chi connectivity index (χ1v) is 10.8. The Balaban J connectivity index is 2.12. The molecule has 4 nitrogen and oxygen atoms in total. The molecule has 0 aliphatic carbocycles. The van der Waals surface area contributed by atoms with E-state index in [1.54, 1.807) is 12.1 Å². The van der Waals surface area contributed by atoms with Crippen molar-refractivity contribution in [1.29, 1.82) is 0 Å². The Hall–Kier alpha value is -3.02. The Kier molecular flexibility index (Phi) is 7.33. The number of ether oxygens (including phenoxy) is 1. The maximum Gasteiger partial charge on any atom is 0.342 e. The zero-order chi connectivity index (χ0) is 21.4. The molecule has 0 aromatic heterocycles. The van der Waals surface area contributed by atoms with Gasteiger partial charge in [-0.15, -0.1) is 0 Å². The maximum absolute atomic E-state index is 13.5. The molecule has 0 aliphatic rings. The van der Waals surface area contributed by atoms with E-state index >= 15 is 0 Å². The molecule has 0 aliphatic heterocycles. The fourth-order valence-electron chi connectivity index (χ4n) is 3.58. The van der Waals surface area contributed by atoms with Gasteiger partial charge in [-0.2, -0.15) is 0 Å². The third kappa shape index (κ3) is 4.42. The molecule has 0 amide bonds. The lowest BCUT2D eigenvalue weighted by Gasteiger charge is -2.37. The minimum Gasteiger partial charge on any atom is -0.467 e. The number of hydrogen-bond acceptors (Lipinski definition) is 4. The van der Waals surface area contributed by atoms with Crippen LogP contribution in [0.4, 0.5) is 0 Å². The van der Waals surface area contributed by atoms with Crippen LogP contribution >= 0.6 is 0 Å². The number of carbonyl (C=O) groups excluding carboxylic acids is 2. The van der Waals surface area contributed by atoms with Crippen molar-refractivity contribution in [3.8, 4) is 0 Å². The number of rotatable bonds is 9. The molecule has 2 atom stereocenters. The molecule has 3 aromatic carbocycles. The normalized spacial score (nSPS) is 13.8. The van der Waals surface area contributed by atoms with Gasteiger partial charge in [0.15, 0.2) is 11.4 Å². The van der Waals surface area contributed by atoms with Gasteiger partial charge in [0.05, 0.1) is 13.0 Å². The van der Waals surface area contributed by atoms with Crippen molar-refractivity contribution in [2.45, 2.75) is 18.9 Å². The van der Waals surface area contributed by atoms with E-state index < -0.39 is 17.5 Å². The van der Waals surface area contributed by atoms with Crippen molar-refractivity contribution < 1.29 is 18.8 Å². The standard InChI is InChI=1S/C25H24O4Si/c1-3-22(23(26)19-13-7-4-8-14-19)25(24(27)28-2,20-15-9-5-10-16-20)29-30-21-17-11-6-12-18-21/h4-18,22H,3H2,1-2H3. The number of esters is 1. The predicted octanol–water partition coefficient (Wildman–Crippen LogP) is 3.93. The van der Waals surface area contributed by atoms with Crippen molar-refractivity contribution in [1.82, 2.24) is 0 Å². The molecule has 152 valence electrons. The summed E-state index contributed by atoms with van der Waals surface area (Å²) in [6, 6.07) is 27.8. The van der Waals surface area contributed by atoms with Gasteiger partial charge in [0.1, 0.15) is 0 Å². The van der Waals surface area contributed by atoms with Crippen LogP contribution in [0.25, 0.3) is 0 Å². The van der Waals surface area contributed by atoms with Crippen molar-refractivity contribution in [3.05, 3.63) is 102 Å². The Labute approximate surface area is 179 Å². The van der Waals surface area contributed by atoms with Gasteiger partial charge in [0.2, 0.25) is 0 Å². The zero-order valence-electron chi connectivity index (χ0n) is 17.1. The Morgan fingerprint density at radius 1 is 0.867 bits per heavy atom. The van der Waals surface area contributed by atoms with Crippen LogP contribution in [0.15, 0.2) is 91.0 Å². The molecule has 0 fully saturated rings. The van der Waals surface area contributed by atoms with E-state index in [0.717, 1.165) is 5.19 Å². The van der Waals surface area contributed by atoms with E-state index in [1.807, 2.05) is 85.8 Å². The van der Waals surface area contributed by atoms with Crippen molar-refractivity contribution in [2.24, 2.45) is 5.92 Å².